The highest BCUT2D eigenvalue weighted by Gasteiger charge is 2.07. The summed E-state index contributed by atoms with van der Waals surface area (Å²) < 4.78 is 1.30. The molecular formula is C23H20N4O3S. The van der Waals surface area contributed by atoms with E-state index in [4.69, 9.17) is 4.98 Å². The molecule has 2 aromatic heterocycles. The van der Waals surface area contributed by atoms with E-state index in [1.54, 1.807) is 11.3 Å². The Bertz CT molecular complexity index is 1290. The molecule has 0 bridgehead atoms. The van der Waals surface area contributed by atoms with Gasteiger partial charge in [0.15, 0.2) is 0 Å². The molecule has 0 fully saturated rings. The van der Waals surface area contributed by atoms with E-state index < -0.39 is 11.2 Å². The minimum Gasteiger partial charge on any atom is -0.352 e. The number of nitrogens with one attached hydrogen (secondary N) is 2. The van der Waals surface area contributed by atoms with E-state index >= 15 is 0 Å². The Balaban J connectivity index is 1.31. The maximum Gasteiger partial charge on any atom is 0.328 e. The Morgan fingerprint density at radius 2 is 1.77 bits per heavy atom. The van der Waals surface area contributed by atoms with Gasteiger partial charge < -0.3 is 9.88 Å². The van der Waals surface area contributed by atoms with Crippen LogP contribution in [-0.2, 0) is 17.9 Å². The summed E-state index contributed by atoms with van der Waals surface area (Å²) >= 11 is 1.60. The third-order valence-electron chi connectivity index (χ3n) is 4.74. The third kappa shape index (κ3) is 5.23. The second-order valence-electron chi connectivity index (χ2n) is 6.93. The van der Waals surface area contributed by atoms with Crippen molar-refractivity contribution in [3.63, 3.8) is 0 Å². The zero-order chi connectivity index (χ0) is 21.6. The first-order chi connectivity index (χ1) is 15.1. The minimum absolute atomic E-state index is 0.144. The normalized spacial score (nSPS) is 10.7. The summed E-state index contributed by atoms with van der Waals surface area (Å²) in [6.45, 7) is 0.598. The number of hydrogen-bond donors (Lipinski definition) is 2. The lowest BCUT2D eigenvalue weighted by molar-refractivity contribution is -0.121. The first kappa shape index (κ1) is 20.5. The lowest BCUT2D eigenvalue weighted by atomic mass is 10.1. The average molecular weight is 433 g/mol. The molecule has 0 atom stereocenters. The van der Waals surface area contributed by atoms with Crippen LogP contribution >= 0.6 is 11.3 Å². The van der Waals surface area contributed by atoms with Gasteiger partial charge in [-0.2, -0.15) is 0 Å². The van der Waals surface area contributed by atoms with Gasteiger partial charge in [-0.1, -0.05) is 54.6 Å². The predicted molar refractivity (Wildman–Crippen MR) is 121 cm³/mol. The van der Waals surface area contributed by atoms with E-state index in [-0.39, 0.29) is 18.9 Å². The fourth-order valence-electron chi connectivity index (χ4n) is 3.04. The fraction of sp³-hybridized carbons (Fsp3) is 0.130. The number of thiazole rings is 1. The van der Waals surface area contributed by atoms with Crippen molar-refractivity contribution in [2.75, 3.05) is 0 Å². The van der Waals surface area contributed by atoms with E-state index in [2.05, 4.69) is 10.3 Å². The molecule has 0 saturated heterocycles. The first-order valence-corrected chi connectivity index (χ1v) is 10.6. The number of carbonyl (C=O) groups excluding carboxylic acids is 1. The number of amides is 1. The van der Waals surface area contributed by atoms with E-state index in [1.165, 1.54) is 16.8 Å². The molecule has 0 saturated carbocycles. The Kier molecular flexibility index (Phi) is 6.18. The summed E-state index contributed by atoms with van der Waals surface area (Å²) in [5.74, 6) is -0.172. The molecule has 8 heteroatoms. The molecule has 7 nitrogen and oxygen atoms in total. The molecule has 4 aromatic rings. The van der Waals surface area contributed by atoms with Gasteiger partial charge in [0.05, 0.1) is 5.69 Å². The minimum atomic E-state index is -0.520. The summed E-state index contributed by atoms with van der Waals surface area (Å²) in [7, 11) is 0. The van der Waals surface area contributed by atoms with E-state index in [9.17, 15) is 14.4 Å². The molecule has 0 aliphatic rings. The molecule has 2 aromatic carbocycles. The van der Waals surface area contributed by atoms with Crippen molar-refractivity contribution in [3.05, 3.63) is 98.6 Å². The highest BCUT2D eigenvalue weighted by molar-refractivity contribution is 7.13. The molecular weight excluding hydrogens is 412 g/mol. The van der Waals surface area contributed by atoms with Gasteiger partial charge in [0.2, 0.25) is 5.91 Å². The smallest absolute Gasteiger partial charge is 0.328 e. The zero-order valence-electron chi connectivity index (χ0n) is 16.6. The second-order valence-corrected chi connectivity index (χ2v) is 7.79. The van der Waals surface area contributed by atoms with Crippen molar-refractivity contribution in [1.82, 2.24) is 19.9 Å². The molecule has 0 aliphatic carbocycles. The zero-order valence-corrected chi connectivity index (χ0v) is 17.4. The Morgan fingerprint density at radius 1 is 1.00 bits per heavy atom. The largest absolute Gasteiger partial charge is 0.352 e. The molecule has 0 aliphatic heterocycles. The number of nitrogens with zero attached hydrogens (tertiary/aromatic N) is 2. The average Bonchev–Trinajstić information content (AvgIpc) is 3.28. The summed E-state index contributed by atoms with van der Waals surface area (Å²) in [4.78, 5) is 41.7. The van der Waals surface area contributed by atoms with Crippen molar-refractivity contribution >= 4 is 17.2 Å². The number of benzene rings is 2. The van der Waals surface area contributed by atoms with Crippen LogP contribution < -0.4 is 16.6 Å². The Labute approximate surface area is 182 Å². The number of aromatic nitrogens is 3. The number of hydrogen-bond acceptors (Lipinski definition) is 5. The van der Waals surface area contributed by atoms with Crippen LogP contribution in [0.5, 0.6) is 0 Å². The standard InChI is InChI=1S/C23H20N4O3S/c28-20(10-12-27-13-11-21(29)26-23(27)30)24-14-16-6-8-18(9-7-16)22-25-19(15-31-22)17-4-2-1-3-5-17/h1-9,11,13,15H,10,12,14H2,(H,24,28)(H,26,29,30). The van der Waals surface area contributed by atoms with Crippen LogP contribution in [0.4, 0.5) is 0 Å². The van der Waals surface area contributed by atoms with Gasteiger partial charge in [-0.15, -0.1) is 11.3 Å². The lowest BCUT2D eigenvalue weighted by Gasteiger charge is -2.07. The van der Waals surface area contributed by atoms with Crippen molar-refractivity contribution < 1.29 is 4.79 Å². The SMILES string of the molecule is O=C(CCn1ccc(=O)[nH]c1=O)NCc1ccc(-c2nc(-c3ccccc3)cs2)cc1. The van der Waals surface area contributed by atoms with Crippen LogP contribution in [0.1, 0.15) is 12.0 Å². The summed E-state index contributed by atoms with van der Waals surface area (Å²) in [5.41, 5.74) is 3.07. The molecule has 2 heterocycles. The van der Waals surface area contributed by atoms with Crippen LogP contribution in [0.15, 0.2) is 81.8 Å². The van der Waals surface area contributed by atoms with Crippen molar-refractivity contribution in [1.29, 1.82) is 0 Å². The summed E-state index contributed by atoms with van der Waals surface area (Å²) in [6.07, 6.45) is 1.53. The number of aryl methyl sites for hydroxylation is 1. The van der Waals surface area contributed by atoms with Gasteiger partial charge in [0, 0.05) is 48.3 Å². The summed E-state index contributed by atoms with van der Waals surface area (Å²) in [6, 6.07) is 19.2. The highest BCUT2D eigenvalue weighted by Crippen LogP contribution is 2.28. The summed E-state index contributed by atoms with van der Waals surface area (Å²) in [5, 5.41) is 5.84. The molecule has 2 N–H and O–H groups in total. The van der Waals surface area contributed by atoms with Crippen molar-refractivity contribution in [3.8, 4) is 21.8 Å². The fourth-order valence-corrected chi connectivity index (χ4v) is 3.88. The van der Waals surface area contributed by atoms with Crippen molar-refractivity contribution in [2.24, 2.45) is 0 Å². The molecule has 0 radical (unpaired) electrons. The van der Waals surface area contributed by atoms with E-state index in [0.717, 1.165) is 27.4 Å². The maximum atomic E-state index is 12.1. The molecule has 156 valence electrons. The number of rotatable bonds is 7. The van der Waals surface area contributed by atoms with Gasteiger partial charge in [0.25, 0.3) is 5.56 Å². The molecule has 31 heavy (non-hydrogen) atoms. The van der Waals surface area contributed by atoms with Gasteiger partial charge in [-0.05, 0) is 5.56 Å². The predicted octanol–water partition coefficient (Wildman–Crippen LogP) is 3.03. The first-order valence-electron chi connectivity index (χ1n) is 9.75. The van der Waals surface area contributed by atoms with Crippen LogP contribution in [0, 0.1) is 0 Å². The number of carbonyl (C=O) groups is 1. The molecule has 0 spiro atoms. The van der Waals surface area contributed by atoms with Gasteiger partial charge in [0.1, 0.15) is 5.01 Å². The lowest BCUT2D eigenvalue weighted by Crippen LogP contribution is -2.31. The number of H-pyrrole nitrogens is 1. The maximum absolute atomic E-state index is 12.1. The molecule has 1 amide bonds. The third-order valence-corrected chi connectivity index (χ3v) is 5.63. The van der Waals surface area contributed by atoms with Crippen LogP contribution in [0.2, 0.25) is 0 Å². The Hall–Kier alpha value is -3.78. The second kappa shape index (κ2) is 9.36. The van der Waals surface area contributed by atoms with Gasteiger partial charge in [-0.3, -0.25) is 14.6 Å². The highest BCUT2D eigenvalue weighted by atomic mass is 32.1. The quantitative estimate of drug-likeness (QED) is 0.469. The monoisotopic (exact) mass is 432 g/mol. The van der Waals surface area contributed by atoms with Gasteiger partial charge in [-0.25, -0.2) is 9.78 Å². The van der Waals surface area contributed by atoms with E-state index in [1.807, 2.05) is 60.0 Å². The number of aromatic amines is 1. The van der Waals surface area contributed by atoms with Crippen LogP contribution in [-0.4, -0.2) is 20.4 Å². The molecule has 4 rings (SSSR count). The molecule has 0 unspecified atom stereocenters. The van der Waals surface area contributed by atoms with Gasteiger partial charge >= 0.3 is 5.69 Å². The van der Waals surface area contributed by atoms with Crippen LogP contribution in [0.25, 0.3) is 21.8 Å². The Morgan fingerprint density at radius 3 is 2.52 bits per heavy atom. The van der Waals surface area contributed by atoms with Crippen LogP contribution in [0.3, 0.4) is 0 Å². The van der Waals surface area contributed by atoms with Crippen molar-refractivity contribution in [2.45, 2.75) is 19.5 Å². The topological polar surface area (TPSA) is 96.9 Å². The van der Waals surface area contributed by atoms with E-state index in [0.29, 0.717) is 6.54 Å².